The molecule has 2 heteroatoms. The lowest BCUT2D eigenvalue weighted by molar-refractivity contribution is 0.0319. The predicted molar refractivity (Wildman–Crippen MR) is 75.7 cm³/mol. The second-order valence-electron chi connectivity index (χ2n) is 5.49. The molecule has 0 heterocycles. The van der Waals surface area contributed by atoms with Gasteiger partial charge < -0.3 is 10.0 Å². The molecule has 2 nitrogen and oxygen atoms in total. The van der Waals surface area contributed by atoms with Gasteiger partial charge >= 0.3 is 0 Å². The van der Waals surface area contributed by atoms with E-state index in [2.05, 4.69) is 42.3 Å². The van der Waals surface area contributed by atoms with Gasteiger partial charge in [0.1, 0.15) is 0 Å². The quantitative estimate of drug-likeness (QED) is 0.865. The zero-order valence-electron chi connectivity index (χ0n) is 11.4. The van der Waals surface area contributed by atoms with Crippen molar-refractivity contribution >= 4 is 0 Å². The van der Waals surface area contributed by atoms with Gasteiger partial charge in [-0.25, -0.2) is 0 Å². The molecule has 0 aromatic heterocycles. The van der Waals surface area contributed by atoms with E-state index < -0.39 is 0 Å². The Morgan fingerprint density at radius 3 is 2.61 bits per heavy atom. The minimum Gasteiger partial charge on any atom is -0.391 e. The van der Waals surface area contributed by atoms with Gasteiger partial charge in [0.15, 0.2) is 0 Å². The molecule has 18 heavy (non-hydrogen) atoms. The standard InChI is InChI=1S/C16H25NO/c1-17(15-11-5-6-12-16(15)18)13-7-10-14-8-3-2-4-9-14/h2-4,8-9,15-16,18H,5-7,10-13H2,1H3/t15-,16-/m0/s1. The molecular weight excluding hydrogens is 222 g/mol. The number of nitrogens with zero attached hydrogens (tertiary/aromatic N) is 1. The van der Waals surface area contributed by atoms with Gasteiger partial charge in [-0.3, -0.25) is 0 Å². The van der Waals surface area contributed by atoms with Crippen LogP contribution in [0, 0.1) is 0 Å². The van der Waals surface area contributed by atoms with Crippen LogP contribution in [0.5, 0.6) is 0 Å². The molecule has 1 aliphatic rings. The van der Waals surface area contributed by atoms with Crippen LogP contribution in [0.2, 0.25) is 0 Å². The molecule has 0 spiro atoms. The molecule has 100 valence electrons. The van der Waals surface area contributed by atoms with Crippen molar-refractivity contribution in [1.82, 2.24) is 4.90 Å². The molecule has 0 aliphatic heterocycles. The average molecular weight is 247 g/mol. The van der Waals surface area contributed by atoms with E-state index in [-0.39, 0.29) is 6.10 Å². The summed E-state index contributed by atoms with van der Waals surface area (Å²) in [5.74, 6) is 0. The van der Waals surface area contributed by atoms with Crippen LogP contribution in [0.15, 0.2) is 30.3 Å². The molecule has 1 aromatic carbocycles. The number of hydrogen-bond acceptors (Lipinski definition) is 2. The first-order chi connectivity index (χ1) is 8.77. The molecule has 1 saturated carbocycles. The molecule has 1 aromatic rings. The lowest BCUT2D eigenvalue weighted by atomic mass is 9.91. The fourth-order valence-corrected chi connectivity index (χ4v) is 2.95. The van der Waals surface area contributed by atoms with Crippen molar-refractivity contribution in [3.63, 3.8) is 0 Å². The van der Waals surface area contributed by atoms with Crippen LogP contribution in [-0.2, 0) is 6.42 Å². The van der Waals surface area contributed by atoms with Gasteiger partial charge in [-0.1, -0.05) is 43.2 Å². The summed E-state index contributed by atoms with van der Waals surface area (Å²) >= 11 is 0. The molecule has 1 fully saturated rings. The van der Waals surface area contributed by atoms with Gasteiger partial charge in [0.05, 0.1) is 6.10 Å². The van der Waals surface area contributed by atoms with Gasteiger partial charge in [0.2, 0.25) is 0 Å². The third-order valence-corrected chi connectivity index (χ3v) is 4.08. The van der Waals surface area contributed by atoms with Crippen molar-refractivity contribution < 1.29 is 5.11 Å². The average Bonchev–Trinajstić information content (AvgIpc) is 2.40. The van der Waals surface area contributed by atoms with Gasteiger partial charge in [-0.2, -0.15) is 0 Å². The third-order valence-electron chi connectivity index (χ3n) is 4.08. The number of hydrogen-bond donors (Lipinski definition) is 1. The van der Waals surface area contributed by atoms with E-state index in [9.17, 15) is 5.11 Å². The molecule has 0 saturated heterocycles. The van der Waals surface area contributed by atoms with Crippen LogP contribution in [0.3, 0.4) is 0 Å². The van der Waals surface area contributed by atoms with E-state index in [1.807, 2.05) is 0 Å². The van der Waals surface area contributed by atoms with Gasteiger partial charge in [-0.15, -0.1) is 0 Å². The Labute approximate surface area is 111 Å². The molecule has 2 rings (SSSR count). The predicted octanol–water partition coefficient (Wildman–Crippen LogP) is 2.85. The molecule has 1 aliphatic carbocycles. The van der Waals surface area contributed by atoms with Crippen LogP contribution < -0.4 is 0 Å². The Morgan fingerprint density at radius 2 is 1.89 bits per heavy atom. The highest BCUT2D eigenvalue weighted by Crippen LogP contribution is 2.22. The minimum absolute atomic E-state index is 0.111. The topological polar surface area (TPSA) is 23.5 Å². The summed E-state index contributed by atoms with van der Waals surface area (Å²) in [7, 11) is 2.16. The number of rotatable bonds is 5. The molecule has 0 radical (unpaired) electrons. The number of aryl methyl sites for hydroxylation is 1. The Bertz CT molecular complexity index is 338. The Hall–Kier alpha value is -0.860. The fraction of sp³-hybridized carbons (Fsp3) is 0.625. The van der Waals surface area contributed by atoms with Gasteiger partial charge in [0.25, 0.3) is 0 Å². The van der Waals surface area contributed by atoms with Crippen molar-refractivity contribution in [3.8, 4) is 0 Å². The molecule has 2 atom stereocenters. The fourth-order valence-electron chi connectivity index (χ4n) is 2.95. The largest absolute Gasteiger partial charge is 0.391 e. The monoisotopic (exact) mass is 247 g/mol. The first-order valence-electron chi connectivity index (χ1n) is 7.19. The van der Waals surface area contributed by atoms with E-state index in [4.69, 9.17) is 0 Å². The molecule has 0 amide bonds. The number of benzene rings is 1. The van der Waals surface area contributed by atoms with Gasteiger partial charge in [-0.05, 0) is 44.8 Å². The van der Waals surface area contributed by atoms with E-state index >= 15 is 0 Å². The lowest BCUT2D eigenvalue weighted by Gasteiger charge is -2.35. The van der Waals surface area contributed by atoms with Crippen LogP contribution in [0.1, 0.15) is 37.7 Å². The normalized spacial score (nSPS) is 24.4. The summed E-state index contributed by atoms with van der Waals surface area (Å²) in [6, 6.07) is 11.0. The maximum absolute atomic E-state index is 10.0. The molecule has 0 unspecified atom stereocenters. The van der Waals surface area contributed by atoms with Crippen molar-refractivity contribution in [2.45, 2.75) is 50.7 Å². The summed E-state index contributed by atoms with van der Waals surface area (Å²) in [5, 5.41) is 10.0. The lowest BCUT2D eigenvalue weighted by Crippen LogP contribution is -2.43. The second kappa shape index (κ2) is 6.91. The summed E-state index contributed by atoms with van der Waals surface area (Å²) in [6.45, 7) is 1.08. The second-order valence-corrected chi connectivity index (χ2v) is 5.49. The van der Waals surface area contributed by atoms with Crippen molar-refractivity contribution in [2.24, 2.45) is 0 Å². The highest BCUT2D eigenvalue weighted by molar-refractivity contribution is 5.14. The van der Waals surface area contributed by atoms with E-state index in [0.717, 1.165) is 25.8 Å². The van der Waals surface area contributed by atoms with Crippen molar-refractivity contribution in [1.29, 1.82) is 0 Å². The highest BCUT2D eigenvalue weighted by Gasteiger charge is 2.25. The Balaban J connectivity index is 1.72. The van der Waals surface area contributed by atoms with Gasteiger partial charge in [0, 0.05) is 6.04 Å². The van der Waals surface area contributed by atoms with E-state index in [1.54, 1.807) is 0 Å². The number of aliphatic hydroxyl groups is 1. The van der Waals surface area contributed by atoms with Crippen molar-refractivity contribution in [2.75, 3.05) is 13.6 Å². The summed E-state index contributed by atoms with van der Waals surface area (Å²) in [5.41, 5.74) is 1.41. The first-order valence-corrected chi connectivity index (χ1v) is 7.19. The van der Waals surface area contributed by atoms with Crippen LogP contribution in [0.25, 0.3) is 0 Å². The van der Waals surface area contributed by atoms with Crippen LogP contribution in [0.4, 0.5) is 0 Å². The van der Waals surface area contributed by atoms with Crippen molar-refractivity contribution in [3.05, 3.63) is 35.9 Å². The first kappa shape index (κ1) is 13.6. The Kier molecular flexibility index (Phi) is 5.21. The zero-order chi connectivity index (χ0) is 12.8. The molecule has 0 bridgehead atoms. The van der Waals surface area contributed by atoms with E-state index in [1.165, 1.54) is 24.8 Å². The smallest absolute Gasteiger partial charge is 0.0695 e. The van der Waals surface area contributed by atoms with Crippen LogP contribution >= 0.6 is 0 Å². The minimum atomic E-state index is -0.111. The summed E-state index contributed by atoms with van der Waals surface area (Å²) in [6.07, 6.45) is 6.79. The third kappa shape index (κ3) is 3.82. The number of likely N-dealkylation sites (N-methyl/N-ethyl adjacent to an activating group) is 1. The zero-order valence-corrected chi connectivity index (χ0v) is 11.4. The summed E-state index contributed by atoms with van der Waals surface area (Å²) < 4.78 is 0. The molecular formula is C16H25NO. The maximum atomic E-state index is 10.0. The van der Waals surface area contributed by atoms with Crippen LogP contribution in [-0.4, -0.2) is 35.7 Å². The maximum Gasteiger partial charge on any atom is 0.0695 e. The van der Waals surface area contributed by atoms with E-state index in [0.29, 0.717) is 6.04 Å². The Morgan fingerprint density at radius 1 is 1.17 bits per heavy atom. The number of aliphatic hydroxyl groups excluding tert-OH is 1. The SMILES string of the molecule is CN(CCCc1ccccc1)[C@H]1CCCC[C@@H]1O. The highest BCUT2D eigenvalue weighted by atomic mass is 16.3. The molecule has 1 N–H and O–H groups in total. The summed E-state index contributed by atoms with van der Waals surface area (Å²) in [4.78, 5) is 2.35.